The number of fused-ring (bicyclic) bond motifs is 1. The van der Waals surface area contributed by atoms with Crippen LogP contribution in [-0.2, 0) is 32.6 Å². The third-order valence-electron chi connectivity index (χ3n) is 5.05. The second-order valence-corrected chi connectivity index (χ2v) is 9.36. The van der Waals surface area contributed by atoms with Crippen molar-refractivity contribution in [3.63, 3.8) is 0 Å². The number of anilines is 2. The van der Waals surface area contributed by atoms with Gasteiger partial charge in [0.15, 0.2) is 0 Å². The predicted octanol–water partition coefficient (Wildman–Crippen LogP) is 3.38. The molecule has 30 heavy (non-hydrogen) atoms. The highest BCUT2D eigenvalue weighted by molar-refractivity contribution is 7.92. The Kier molecular flexibility index (Phi) is 6.45. The lowest BCUT2D eigenvalue weighted by Gasteiger charge is -2.30. The first-order chi connectivity index (χ1) is 14.2. The van der Waals surface area contributed by atoms with Gasteiger partial charge in [-0.2, -0.15) is 0 Å². The lowest BCUT2D eigenvalue weighted by Crippen LogP contribution is -2.38. The third kappa shape index (κ3) is 4.99. The zero-order valence-electron chi connectivity index (χ0n) is 17.4. The number of benzene rings is 2. The van der Waals surface area contributed by atoms with Gasteiger partial charge in [0, 0.05) is 36.8 Å². The van der Waals surface area contributed by atoms with Crippen molar-refractivity contribution in [1.82, 2.24) is 4.90 Å². The Labute approximate surface area is 177 Å². The minimum Gasteiger partial charge on any atom is -0.338 e. The maximum atomic E-state index is 12.8. The number of sulfonamides is 1. The van der Waals surface area contributed by atoms with Gasteiger partial charge in [0.25, 0.3) is 10.0 Å². The highest BCUT2D eigenvalue weighted by atomic mass is 32.2. The van der Waals surface area contributed by atoms with Crippen LogP contribution in [0.4, 0.5) is 11.4 Å². The van der Waals surface area contributed by atoms with E-state index in [4.69, 9.17) is 0 Å². The Morgan fingerprint density at radius 2 is 1.70 bits per heavy atom. The Morgan fingerprint density at radius 3 is 2.33 bits per heavy atom. The first kappa shape index (κ1) is 21.8. The quantitative estimate of drug-likeness (QED) is 0.736. The highest BCUT2D eigenvalue weighted by Gasteiger charge is 2.23. The molecule has 7 nitrogen and oxygen atoms in total. The Balaban J connectivity index is 1.75. The molecule has 0 aromatic heterocycles. The molecule has 0 spiro atoms. The molecule has 3 rings (SSSR count). The molecule has 8 heteroatoms. The number of carbonyl (C=O) groups is 2. The number of rotatable bonds is 6. The van der Waals surface area contributed by atoms with E-state index in [1.54, 1.807) is 31.2 Å². The number of hydrogen-bond donors (Lipinski definition) is 2. The summed E-state index contributed by atoms with van der Waals surface area (Å²) >= 11 is 0. The van der Waals surface area contributed by atoms with Gasteiger partial charge in [-0.1, -0.05) is 26.8 Å². The van der Waals surface area contributed by atoms with Crippen molar-refractivity contribution < 1.29 is 18.0 Å². The summed E-state index contributed by atoms with van der Waals surface area (Å²) < 4.78 is 28.1. The van der Waals surface area contributed by atoms with Crippen LogP contribution in [0.1, 0.15) is 38.3 Å². The van der Waals surface area contributed by atoms with Crippen molar-refractivity contribution in [2.45, 2.75) is 45.1 Å². The molecule has 2 amide bonds. The first-order valence-electron chi connectivity index (χ1n) is 10.0. The molecule has 1 aliphatic rings. The van der Waals surface area contributed by atoms with E-state index in [1.807, 2.05) is 24.8 Å². The molecule has 0 fully saturated rings. The van der Waals surface area contributed by atoms with Crippen LogP contribution in [-0.4, -0.2) is 31.7 Å². The zero-order valence-corrected chi connectivity index (χ0v) is 18.3. The lowest BCUT2D eigenvalue weighted by molar-refractivity contribution is -0.135. The fraction of sp³-hybridized carbons (Fsp3) is 0.364. The first-order valence-corrected chi connectivity index (χ1v) is 11.5. The fourth-order valence-corrected chi connectivity index (χ4v) is 4.40. The van der Waals surface area contributed by atoms with Crippen molar-refractivity contribution in [1.29, 1.82) is 0 Å². The van der Waals surface area contributed by atoms with Gasteiger partial charge in [-0.25, -0.2) is 8.42 Å². The van der Waals surface area contributed by atoms with Gasteiger partial charge in [-0.05, 0) is 53.9 Å². The van der Waals surface area contributed by atoms with Crippen LogP contribution in [0.5, 0.6) is 0 Å². The van der Waals surface area contributed by atoms with E-state index in [2.05, 4.69) is 10.0 Å². The van der Waals surface area contributed by atoms with Crippen molar-refractivity contribution >= 4 is 33.2 Å². The summed E-state index contributed by atoms with van der Waals surface area (Å²) in [5.74, 6) is -0.108. The number of hydrogen-bond acceptors (Lipinski definition) is 4. The molecule has 160 valence electrons. The van der Waals surface area contributed by atoms with Crippen molar-refractivity contribution in [3.05, 3.63) is 53.6 Å². The maximum absolute atomic E-state index is 12.8. The highest BCUT2D eigenvalue weighted by Crippen LogP contribution is 2.25. The van der Waals surface area contributed by atoms with Gasteiger partial charge < -0.3 is 10.2 Å². The van der Waals surface area contributed by atoms with E-state index in [1.165, 1.54) is 12.1 Å². The molecule has 2 N–H and O–H groups in total. The average molecular weight is 430 g/mol. The predicted molar refractivity (Wildman–Crippen MR) is 117 cm³/mol. The van der Waals surface area contributed by atoms with Crippen molar-refractivity contribution in [2.75, 3.05) is 16.6 Å². The van der Waals surface area contributed by atoms with Crippen LogP contribution in [0.25, 0.3) is 0 Å². The van der Waals surface area contributed by atoms with Crippen LogP contribution in [0, 0.1) is 5.92 Å². The van der Waals surface area contributed by atoms with E-state index < -0.39 is 10.0 Å². The summed E-state index contributed by atoms with van der Waals surface area (Å²) in [5, 5.41) is 2.69. The number of amides is 2. The van der Waals surface area contributed by atoms with Gasteiger partial charge in [-0.15, -0.1) is 0 Å². The minimum atomic E-state index is -3.78. The number of carbonyl (C=O) groups excluding carboxylic acids is 2. The van der Waals surface area contributed by atoms with Crippen LogP contribution in [0.15, 0.2) is 47.4 Å². The average Bonchev–Trinajstić information content (AvgIpc) is 2.72. The normalized spacial score (nSPS) is 13.7. The number of nitrogens with zero attached hydrogens (tertiary/aromatic N) is 1. The SMILES string of the molecule is CCC(=O)Nc1ccc(S(=O)(=O)Nc2ccc3c(c2)CN(C(=O)C(C)C)CC3)cc1. The zero-order chi connectivity index (χ0) is 21.9. The summed E-state index contributed by atoms with van der Waals surface area (Å²) in [6.07, 6.45) is 1.10. The molecule has 2 aromatic carbocycles. The molecule has 0 atom stereocenters. The largest absolute Gasteiger partial charge is 0.338 e. The van der Waals surface area contributed by atoms with E-state index in [0.717, 1.165) is 17.5 Å². The van der Waals surface area contributed by atoms with Gasteiger partial charge in [0.1, 0.15) is 0 Å². The molecule has 1 heterocycles. The second kappa shape index (κ2) is 8.87. The molecule has 0 saturated heterocycles. The Morgan fingerprint density at radius 1 is 1.03 bits per heavy atom. The lowest BCUT2D eigenvalue weighted by atomic mass is 9.98. The van der Waals surface area contributed by atoms with Gasteiger partial charge in [-0.3, -0.25) is 14.3 Å². The molecular weight excluding hydrogens is 402 g/mol. The van der Waals surface area contributed by atoms with Crippen LogP contribution in [0.3, 0.4) is 0 Å². The molecule has 2 aromatic rings. The van der Waals surface area contributed by atoms with Gasteiger partial charge in [0.2, 0.25) is 11.8 Å². The van der Waals surface area contributed by atoms with Crippen molar-refractivity contribution in [3.8, 4) is 0 Å². The third-order valence-corrected chi connectivity index (χ3v) is 6.44. The summed E-state index contributed by atoms with van der Waals surface area (Å²) in [6.45, 7) is 6.65. The van der Waals surface area contributed by atoms with E-state index in [9.17, 15) is 18.0 Å². The maximum Gasteiger partial charge on any atom is 0.261 e. The molecule has 0 unspecified atom stereocenters. The minimum absolute atomic E-state index is 0.0710. The van der Waals surface area contributed by atoms with E-state index in [-0.39, 0.29) is 22.6 Å². The molecular formula is C22H27N3O4S. The molecule has 0 bridgehead atoms. The van der Waals surface area contributed by atoms with Crippen LogP contribution < -0.4 is 10.0 Å². The molecule has 0 saturated carbocycles. The Bertz CT molecular complexity index is 1050. The van der Waals surface area contributed by atoms with Gasteiger partial charge >= 0.3 is 0 Å². The summed E-state index contributed by atoms with van der Waals surface area (Å²) in [4.78, 5) is 25.7. The van der Waals surface area contributed by atoms with Crippen LogP contribution >= 0.6 is 0 Å². The molecule has 0 radical (unpaired) electrons. The number of nitrogens with one attached hydrogen (secondary N) is 2. The van der Waals surface area contributed by atoms with Crippen LogP contribution in [0.2, 0.25) is 0 Å². The smallest absolute Gasteiger partial charge is 0.261 e. The summed E-state index contributed by atoms with van der Waals surface area (Å²) in [7, 11) is -3.78. The summed E-state index contributed by atoms with van der Waals surface area (Å²) in [6, 6.07) is 11.5. The van der Waals surface area contributed by atoms with E-state index in [0.29, 0.717) is 30.9 Å². The fourth-order valence-electron chi connectivity index (χ4n) is 3.35. The molecule has 1 aliphatic heterocycles. The summed E-state index contributed by atoms with van der Waals surface area (Å²) in [5.41, 5.74) is 3.08. The van der Waals surface area contributed by atoms with Crippen molar-refractivity contribution in [2.24, 2.45) is 5.92 Å². The Hall–Kier alpha value is -2.87. The topological polar surface area (TPSA) is 95.6 Å². The standard InChI is InChI=1S/C22H27N3O4S/c1-4-21(26)23-18-7-9-20(10-8-18)30(28,29)24-19-6-5-16-11-12-25(14-17(16)13-19)22(27)15(2)3/h5-10,13,15,24H,4,11-12,14H2,1-3H3,(H,23,26). The second-order valence-electron chi connectivity index (χ2n) is 7.68. The van der Waals surface area contributed by atoms with E-state index >= 15 is 0 Å². The van der Waals surface area contributed by atoms with Gasteiger partial charge in [0.05, 0.1) is 4.90 Å². The monoisotopic (exact) mass is 429 g/mol. The molecule has 0 aliphatic carbocycles.